The van der Waals surface area contributed by atoms with Crippen LogP contribution in [0.2, 0.25) is 0 Å². The Hall–Kier alpha value is -3.20. The minimum Gasteiger partial charge on any atom is -0.332 e. The van der Waals surface area contributed by atoms with Crippen molar-refractivity contribution >= 4 is 44.5 Å². The van der Waals surface area contributed by atoms with Crippen LogP contribution in [0.5, 0.6) is 0 Å². The topological polar surface area (TPSA) is 104 Å². The van der Waals surface area contributed by atoms with Crippen molar-refractivity contribution in [2.24, 2.45) is 0 Å². The van der Waals surface area contributed by atoms with E-state index in [1.807, 2.05) is 6.07 Å². The average Bonchev–Trinajstić information content (AvgIpc) is 2.69. The number of benzene rings is 2. The minimum atomic E-state index is -0.745. The fourth-order valence-corrected chi connectivity index (χ4v) is 3.37. The molecular formula is C20H19BrN4O4. The van der Waals surface area contributed by atoms with E-state index in [1.165, 1.54) is 22.6 Å². The Morgan fingerprint density at radius 2 is 1.90 bits per heavy atom. The first kappa shape index (κ1) is 20.5. The molecule has 1 aromatic heterocycles. The highest BCUT2D eigenvalue weighted by molar-refractivity contribution is 9.10. The molecule has 9 heteroatoms. The lowest BCUT2D eigenvalue weighted by Gasteiger charge is -2.18. The summed E-state index contributed by atoms with van der Waals surface area (Å²) >= 11 is 3.35. The monoisotopic (exact) mass is 458 g/mol. The Balaban J connectivity index is 1.80. The SMILES string of the molecule is CCn1c(=O)c(=O)[nH]c2cc(C(=O)N(C)CC(=O)Nc3ccccc3Br)ccc21. The molecule has 0 bridgehead atoms. The number of halogens is 1. The van der Waals surface area contributed by atoms with Crippen molar-refractivity contribution in [2.75, 3.05) is 18.9 Å². The number of hydrogen-bond acceptors (Lipinski definition) is 4. The normalized spacial score (nSPS) is 10.7. The van der Waals surface area contributed by atoms with Crippen molar-refractivity contribution in [3.05, 3.63) is 73.2 Å². The van der Waals surface area contributed by atoms with Crippen LogP contribution in [0.25, 0.3) is 11.0 Å². The zero-order valence-corrected chi connectivity index (χ0v) is 17.4. The maximum Gasteiger partial charge on any atom is 0.316 e. The van der Waals surface area contributed by atoms with Gasteiger partial charge in [-0.15, -0.1) is 0 Å². The fourth-order valence-electron chi connectivity index (χ4n) is 2.99. The van der Waals surface area contributed by atoms with Gasteiger partial charge in [-0.25, -0.2) is 0 Å². The number of carbonyl (C=O) groups excluding carboxylic acids is 2. The molecule has 2 amide bonds. The molecule has 150 valence electrons. The molecule has 0 aliphatic heterocycles. The number of amides is 2. The number of fused-ring (bicyclic) bond motifs is 1. The molecule has 0 radical (unpaired) electrons. The summed E-state index contributed by atoms with van der Waals surface area (Å²) in [6.45, 7) is 1.95. The van der Waals surface area contributed by atoms with Crippen molar-refractivity contribution in [3.8, 4) is 0 Å². The van der Waals surface area contributed by atoms with Gasteiger partial charge >= 0.3 is 11.1 Å². The number of likely N-dealkylation sites (N-methyl/N-ethyl adjacent to an activating group) is 1. The van der Waals surface area contributed by atoms with Gasteiger partial charge in [0.05, 0.1) is 23.3 Å². The first-order valence-corrected chi connectivity index (χ1v) is 9.68. The molecule has 0 atom stereocenters. The van der Waals surface area contributed by atoms with Crippen molar-refractivity contribution in [1.29, 1.82) is 0 Å². The zero-order valence-electron chi connectivity index (χ0n) is 15.9. The van der Waals surface area contributed by atoms with Gasteiger partial charge in [-0.2, -0.15) is 0 Å². The third kappa shape index (κ3) is 4.29. The summed E-state index contributed by atoms with van der Waals surface area (Å²) in [5, 5.41) is 2.74. The molecule has 3 aromatic rings. The highest BCUT2D eigenvalue weighted by atomic mass is 79.9. The Labute approximate surface area is 174 Å². The van der Waals surface area contributed by atoms with Crippen molar-refractivity contribution in [3.63, 3.8) is 0 Å². The Morgan fingerprint density at radius 3 is 2.59 bits per heavy atom. The number of rotatable bonds is 5. The lowest BCUT2D eigenvalue weighted by atomic mass is 10.1. The molecule has 0 saturated heterocycles. The second-order valence-electron chi connectivity index (χ2n) is 6.42. The number of carbonyl (C=O) groups is 2. The largest absolute Gasteiger partial charge is 0.332 e. The molecular weight excluding hydrogens is 440 g/mol. The van der Waals surface area contributed by atoms with Gasteiger partial charge in [0, 0.05) is 23.6 Å². The highest BCUT2D eigenvalue weighted by Crippen LogP contribution is 2.21. The van der Waals surface area contributed by atoms with E-state index in [1.54, 1.807) is 37.3 Å². The van der Waals surface area contributed by atoms with Crippen molar-refractivity contribution in [1.82, 2.24) is 14.5 Å². The number of nitrogens with one attached hydrogen (secondary N) is 2. The van der Waals surface area contributed by atoms with Gasteiger partial charge < -0.3 is 19.8 Å². The summed E-state index contributed by atoms with van der Waals surface area (Å²) in [6, 6.07) is 11.9. The number of hydrogen-bond donors (Lipinski definition) is 2. The van der Waals surface area contributed by atoms with Crippen LogP contribution < -0.4 is 16.4 Å². The number of aryl methyl sites for hydroxylation is 1. The summed E-state index contributed by atoms with van der Waals surface area (Å²) in [4.78, 5) is 52.6. The summed E-state index contributed by atoms with van der Waals surface area (Å²) in [6.07, 6.45) is 0. The fraction of sp³-hybridized carbons (Fsp3) is 0.200. The molecule has 0 fully saturated rings. The summed E-state index contributed by atoms with van der Waals surface area (Å²) in [5.74, 6) is -0.731. The number of nitrogens with zero attached hydrogens (tertiary/aromatic N) is 2. The first-order chi connectivity index (χ1) is 13.8. The van der Waals surface area contributed by atoms with Crippen LogP contribution in [0.3, 0.4) is 0 Å². The van der Waals surface area contributed by atoms with E-state index in [9.17, 15) is 19.2 Å². The van der Waals surface area contributed by atoms with Crippen LogP contribution in [0.4, 0.5) is 5.69 Å². The number of anilines is 1. The molecule has 8 nitrogen and oxygen atoms in total. The zero-order chi connectivity index (χ0) is 21.1. The van der Waals surface area contributed by atoms with Crippen molar-refractivity contribution < 1.29 is 9.59 Å². The minimum absolute atomic E-state index is 0.150. The van der Waals surface area contributed by atoms with E-state index in [4.69, 9.17) is 0 Å². The lowest BCUT2D eigenvalue weighted by Crippen LogP contribution is -2.36. The third-order valence-electron chi connectivity index (χ3n) is 4.41. The highest BCUT2D eigenvalue weighted by Gasteiger charge is 2.17. The van der Waals surface area contributed by atoms with Gasteiger partial charge in [0.25, 0.3) is 5.91 Å². The predicted octanol–water partition coefficient (Wildman–Crippen LogP) is 2.18. The van der Waals surface area contributed by atoms with Gasteiger partial charge in [-0.1, -0.05) is 12.1 Å². The number of para-hydroxylation sites is 1. The smallest absolute Gasteiger partial charge is 0.316 e. The molecule has 0 aliphatic rings. The van der Waals surface area contributed by atoms with Crippen LogP contribution in [0.15, 0.2) is 56.5 Å². The van der Waals surface area contributed by atoms with Gasteiger partial charge in [-0.3, -0.25) is 19.2 Å². The molecule has 29 heavy (non-hydrogen) atoms. The van der Waals surface area contributed by atoms with E-state index < -0.39 is 11.1 Å². The maximum atomic E-state index is 12.7. The van der Waals surface area contributed by atoms with E-state index in [0.29, 0.717) is 28.8 Å². The Kier molecular flexibility index (Phi) is 5.97. The lowest BCUT2D eigenvalue weighted by molar-refractivity contribution is -0.116. The van der Waals surface area contributed by atoms with Crippen LogP contribution in [-0.2, 0) is 11.3 Å². The van der Waals surface area contributed by atoms with E-state index >= 15 is 0 Å². The molecule has 1 heterocycles. The van der Waals surface area contributed by atoms with Crippen LogP contribution in [0.1, 0.15) is 17.3 Å². The van der Waals surface area contributed by atoms with Crippen LogP contribution in [-0.4, -0.2) is 39.9 Å². The van der Waals surface area contributed by atoms with Crippen LogP contribution >= 0.6 is 15.9 Å². The Bertz CT molecular complexity index is 1220. The number of aromatic amines is 1. The van der Waals surface area contributed by atoms with Gasteiger partial charge in [0.1, 0.15) is 0 Å². The second-order valence-corrected chi connectivity index (χ2v) is 7.28. The molecule has 0 unspecified atom stereocenters. The summed E-state index contributed by atoms with van der Waals surface area (Å²) in [7, 11) is 1.52. The maximum absolute atomic E-state index is 12.7. The molecule has 0 saturated carbocycles. The Morgan fingerprint density at radius 1 is 1.17 bits per heavy atom. The number of aromatic nitrogens is 2. The van der Waals surface area contributed by atoms with E-state index in [-0.39, 0.29) is 18.4 Å². The standard InChI is InChI=1S/C20H19BrN4O4/c1-3-25-16-9-8-12(10-15(16)23-18(27)20(25)29)19(28)24(2)11-17(26)22-14-7-5-4-6-13(14)21/h4-10H,3,11H2,1-2H3,(H,22,26)(H,23,27). The third-order valence-corrected chi connectivity index (χ3v) is 5.11. The average molecular weight is 459 g/mol. The molecule has 0 spiro atoms. The molecule has 3 rings (SSSR count). The van der Waals surface area contributed by atoms with Crippen LogP contribution in [0, 0.1) is 0 Å². The summed E-state index contributed by atoms with van der Waals surface area (Å²) < 4.78 is 2.08. The van der Waals surface area contributed by atoms with E-state index in [0.717, 1.165) is 4.47 Å². The second kappa shape index (κ2) is 8.44. The van der Waals surface area contributed by atoms with E-state index in [2.05, 4.69) is 26.2 Å². The van der Waals surface area contributed by atoms with Gasteiger partial charge in [-0.05, 0) is 53.2 Å². The van der Waals surface area contributed by atoms with Gasteiger partial charge in [0.15, 0.2) is 0 Å². The molecule has 2 aromatic carbocycles. The van der Waals surface area contributed by atoms with Crippen molar-refractivity contribution in [2.45, 2.75) is 13.5 Å². The quantitative estimate of drug-likeness (QED) is 0.571. The predicted molar refractivity (Wildman–Crippen MR) is 114 cm³/mol. The summed E-state index contributed by atoms with van der Waals surface area (Å²) in [5.41, 5.74) is 0.436. The first-order valence-electron chi connectivity index (χ1n) is 8.88. The number of H-pyrrole nitrogens is 1. The van der Waals surface area contributed by atoms with Gasteiger partial charge in [0.2, 0.25) is 5.91 Å². The molecule has 2 N–H and O–H groups in total. The molecule has 0 aliphatic carbocycles.